The number of aromatic nitrogens is 1. The molecule has 0 aliphatic heterocycles. The molecular weight excluding hydrogens is 339 g/mol. The molecule has 0 atom stereocenters. The number of hydrogen-bond donors (Lipinski definition) is 0. The van der Waals surface area contributed by atoms with Crippen LogP contribution in [0.25, 0.3) is 0 Å². The Morgan fingerprint density at radius 2 is 1.80 bits per heavy atom. The van der Waals surface area contributed by atoms with Gasteiger partial charge in [-0.05, 0) is 22.6 Å². The van der Waals surface area contributed by atoms with Crippen molar-refractivity contribution in [3.8, 4) is 0 Å². The van der Waals surface area contributed by atoms with Gasteiger partial charge in [-0.2, -0.15) is 13.2 Å². The first-order chi connectivity index (χ1) is 6.75. The molecule has 0 unspecified atom stereocenters. The van der Waals surface area contributed by atoms with Crippen molar-refractivity contribution in [3.63, 3.8) is 0 Å². The average molecular weight is 341 g/mol. The minimum Gasteiger partial charge on any atom is -0.247 e. The highest BCUT2D eigenvalue weighted by Crippen LogP contribution is 2.37. The molecule has 0 spiro atoms. The van der Waals surface area contributed by atoms with Crippen molar-refractivity contribution in [2.75, 3.05) is 0 Å². The number of rotatable bonds is 1. The number of nitrogens with zero attached hydrogens (tertiary/aromatic N) is 1. The van der Waals surface area contributed by atoms with Gasteiger partial charge in [0.1, 0.15) is 3.70 Å². The fourth-order valence-corrected chi connectivity index (χ4v) is 1.35. The van der Waals surface area contributed by atoms with Crippen molar-refractivity contribution in [1.82, 2.24) is 4.98 Å². The van der Waals surface area contributed by atoms with Gasteiger partial charge in [-0.3, -0.25) is 0 Å². The topological polar surface area (TPSA) is 12.9 Å². The molecule has 1 heterocycles. The number of alkyl halides is 5. The number of halogens is 7. The van der Waals surface area contributed by atoms with Crippen LogP contribution in [0.2, 0.25) is 0 Å². The standard InChI is InChI=1S/C7H2F6IN/c8-4-3(5(9)10)2(7(11,12)13)1-15-6(4)14/h1,5H. The maximum absolute atomic E-state index is 13.0. The Labute approximate surface area is 93.6 Å². The van der Waals surface area contributed by atoms with E-state index in [2.05, 4.69) is 4.98 Å². The Bertz CT molecular complexity index is 374. The van der Waals surface area contributed by atoms with Crippen LogP contribution in [0.15, 0.2) is 6.20 Å². The van der Waals surface area contributed by atoms with Crippen LogP contribution in [0.3, 0.4) is 0 Å². The number of pyridine rings is 1. The quantitative estimate of drug-likeness (QED) is 0.430. The minimum absolute atomic E-state index is 0.201. The van der Waals surface area contributed by atoms with E-state index in [4.69, 9.17) is 0 Å². The highest BCUT2D eigenvalue weighted by molar-refractivity contribution is 14.1. The first kappa shape index (κ1) is 12.5. The second kappa shape index (κ2) is 4.14. The monoisotopic (exact) mass is 341 g/mol. The van der Waals surface area contributed by atoms with E-state index in [1.165, 1.54) is 22.6 Å². The Kier molecular flexibility index (Phi) is 3.46. The summed E-state index contributed by atoms with van der Waals surface area (Å²) in [5.41, 5.74) is -3.39. The fourth-order valence-electron chi connectivity index (χ4n) is 0.916. The molecule has 84 valence electrons. The Morgan fingerprint density at radius 1 is 1.27 bits per heavy atom. The lowest BCUT2D eigenvalue weighted by Crippen LogP contribution is -2.13. The molecule has 0 amide bonds. The predicted molar refractivity (Wildman–Crippen MR) is 46.9 cm³/mol. The van der Waals surface area contributed by atoms with Crippen molar-refractivity contribution < 1.29 is 26.3 Å². The van der Waals surface area contributed by atoms with E-state index in [1.807, 2.05) is 0 Å². The normalized spacial score (nSPS) is 12.3. The summed E-state index contributed by atoms with van der Waals surface area (Å²) >= 11 is 1.24. The molecule has 8 heteroatoms. The van der Waals surface area contributed by atoms with E-state index in [1.54, 1.807) is 0 Å². The van der Waals surface area contributed by atoms with Gasteiger partial charge in [0.2, 0.25) is 0 Å². The average Bonchev–Trinajstić information content (AvgIpc) is 2.06. The summed E-state index contributed by atoms with van der Waals surface area (Å²) in [6, 6.07) is 0. The number of hydrogen-bond acceptors (Lipinski definition) is 1. The van der Waals surface area contributed by atoms with Gasteiger partial charge in [0.05, 0.1) is 11.1 Å². The fraction of sp³-hybridized carbons (Fsp3) is 0.286. The van der Waals surface area contributed by atoms with E-state index < -0.39 is 33.2 Å². The summed E-state index contributed by atoms with van der Waals surface area (Å²) < 4.78 is 73.5. The van der Waals surface area contributed by atoms with Crippen molar-refractivity contribution in [3.05, 3.63) is 26.8 Å². The van der Waals surface area contributed by atoms with Gasteiger partial charge >= 0.3 is 6.18 Å². The third kappa shape index (κ3) is 2.52. The molecule has 1 rings (SSSR count). The summed E-state index contributed by atoms with van der Waals surface area (Å²) in [7, 11) is 0. The maximum Gasteiger partial charge on any atom is 0.418 e. The van der Waals surface area contributed by atoms with Gasteiger partial charge in [-0.1, -0.05) is 0 Å². The molecule has 0 aliphatic rings. The van der Waals surface area contributed by atoms with Crippen LogP contribution in [0, 0.1) is 9.52 Å². The van der Waals surface area contributed by atoms with E-state index in [-0.39, 0.29) is 6.20 Å². The molecule has 0 saturated heterocycles. The molecule has 0 N–H and O–H groups in total. The lowest BCUT2D eigenvalue weighted by molar-refractivity contribution is -0.140. The summed E-state index contributed by atoms with van der Waals surface area (Å²) in [6.07, 6.45) is -8.37. The summed E-state index contributed by atoms with van der Waals surface area (Å²) in [5, 5.41) is 0. The summed E-state index contributed by atoms with van der Waals surface area (Å²) in [6.45, 7) is 0. The third-order valence-corrected chi connectivity index (χ3v) is 2.29. The van der Waals surface area contributed by atoms with E-state index in [9.17, 15) is 26.3 Å². The summed E-state index contributed by atoms with van der Waals surface area (Å²) in [5.74, 6) is -1.62. The molecule has 1 aromatic rings. The van der Waals surface area contributed by atoms with Gasteiger partial charge in [0, 0.05) is 6.20 Å². The highest BCUT2D eigenvalue weighted by atomic mass is 127. The van der Waals surface area contributed by atoms with Crippen molar-refractivity contribution in [2.45, 2.75) is 12.6 Å². The third-order valence-electron chi connectivity index (χ3n) is 1.54. The molecule has 0 aromatic carbocycles. The van der Waals surface area contributed by atoms with Crippen LogP contribution < -0.4 is 0 Å². The van der Waals surface area contributed by atoms with E-state index in [0.29, 0.717) is 0 Å². The lowest BCUT2D eigenvalue weighted by Gasteiger charge is -2.12. The van der Waals surface area contributed by atoms with Crippen LogP contribution in [-0.2, 0) is 6.18 Å². The van der Waals surface area contributed by atoms with E-state index >= 15 is 0 Å². The van der Waals surface area contributed by atoms with Gasteiger partial charge in [-0.15, -0.1) is 0 Å². The highest BCUT2D eigenvalue weighted by Gasteiger charge is 2.38. The van der Waals surface area contributed by atoms with Crippen LogP contribution in [0.5, 0.6) is 0 Å². The smallest absolute Gasteiger partial charge is 0.247 e. The Morgan fingerprint density at radius 3 is 2.20 bits per heavy atom. The molecule has 0 bridgehead atoms. The SMILES string of the molecule is Fc1c(I)ncc(C(F)(F)F)c1C(F)F. The molecule has 1 nitrogen and oxygen atoms in total. The predicted octanol–water partition coefficient (Wildman–Crippen LogP) is 3.78. The van der Waals surface area contributed by atoms with Gasteiger partial charge in [0.15, 0.2) is 5.82 Å². The van der Waals surface area contributed by atoms with Crippen LogP contribution in [0.1, 0.15) is 17.6 Å². The van der Waals surface area contributed by atoms with Crippen LogP contribution in [-0.4, -0.2) is 4.98 Å². The molecule has 1 aromatic heterocycles. The first-order valence-corrected chi connectivity index (χ1v) is 4.52. The largest absolute Gasteiger partial charge is 0.418 e. The molecule has 0 aliphatic carbocycles. The Hall–Kier alpha value is -0.540. The maximum atomic E-state index is 13.0. The lowest BCUT2D eigenvalue weighted by atomic mass is 10.1. The van der Waals surface area contributed by atoms with E-state index in [0.717, 1.165) is 0 Å². The molecule has 0 fully saturated rings. The zero-order valence-corrected chi connectivity index (χ0v) is 8.91. The molecular formula is C7H2F6IN. The molecule has 0 radical (unpaired) electrons. The second-order valence-electron chi connectivity index (χ2n) is 2.49. The zero-order chi connectivity index (χ0) is 11.8. The van der Waals surface area contributed by atoms with Crippen LogP contribution >= 0.6 is 22.6 Å². The Balaban J connectivity index is 3.47. The first-order valence-electron chi connectivity index (χ1n) is 3.44. The molecule has 15 heavy (non-hydrogen) atoms. The minimum atomic E-state index is -5.04. The second-order valence-corrected chi connectivity index (χ2v) is 3.51. The van der Waals surface area contributed by atoms with Gasteiger partial charge in [0.25, 0.3) is 6.43 Å². The van der Waals surface area contributed by atoms with Gasteiger partial charge < -0.3 is 0 Å². The van der Waals surface area contributed by atoms with Crippen molar-refractivity contribution in [1.29, 1.82) is 0 Å². The molecule has 0 saturated carbocycles. The van der Waals surface area contributed by atoms with Crippen molar-refractivity contribution >= 4 is 22.6 Å². The van der Waals surface area contributed by atoms with Crippen molar-refractivity contribution in [2.24, 2.45) is 0 Å². The zero-order valence-electron chi connectivity index (χ0n) is 6.75. The summed E-state index contributed by atoms with van der Waals surface area (Å²) in [4.78, 5) is 3.05. The van der Waals surface area contributed by atoms with Crippen LogP contribution in [0.4, 0.5) is 26.3 Å². The van der Waals surface area contributed by atoms with Gasteiger partial charge in [-0.25, -0.2) is 18.2 Å².